The lowest BCUT2D eigenvalue weighted by atomic mass is 9.87. The van der Waals surface area contributed by atoms with E-state index in [0.29, 0.717) is 6.04 Å². The van der Waals surface area contributed by atoms with Gasteiger partial charge in [-0.1, -0.05) is 25.7 Å². The molecule has 2 heteroatoms. The summed E-state index contributed by atoms with van der Waals surface area (Å²) in [5.74, 6) is 0. The van der Waals surface area contributed by atoms with Crippen LogP contribution in [0.15, 0.2) is 0 Å². The maximum absolute atomic E-state index is 6.04. The monoisotopic (exact) mass is 199 g/mol. The summed E-state index contributed by atoms with van der Waals surface area (Å²) in [6.07, 6.45) is 7.86. The second kappa shape index (κ2) is 5.72. The molecule has 0 aromatic heterocycles. The molecule has 1 aliphatic carbocycles. The van der Waals surface area contributed by atoms with Crippen LogP contribution in [0.25, 0.3) is 0 Å². The topological polar surface area (TPSA) is 21.3 Å². The second-order valence-electron chi connectivity index (χ2n) is 4.42. The molecular weight excluding hydrogens is 174 g/mol. The molecule has 14 heavy (non-hydrogen) atoms. The average molecular weight is 199 g/mol. The van der Waals surface area contributed by atoms with Gasteiger partial charge in [-0.2, -0.15) is 0 Å². The molecule has 0 amide bonds. The van der Waals surface area contributed by atoms with Crippen LogP contribution in [-0.2, 0) is 4.74 Å². The van der Waals surface area contributed by atoms with Gasteiger partial charge in [-0.05, 0) is 33.7 Å². The van der Waals surface area contributed by atoms with Gasteiger partial charge in [-0.15, -0.1) is 0 Å². The van der Waals surface area contributed by atoms with Crippen molar-refractivity contribution in [1.29, 1.82) is 0 Å². The van der Waals surface area contributed by atoms with Gasteiger partial charge in [0.2, 0.25) is 0 Å². The molecule has 84 valence electrons. The second-order valence-corrected chi connectivity index (χ2v) is 4.42. The lowest BCUT2D eigenvalue weighted by Gasteiger charge is -2.38. The van der Waals surface area contributed by atoms with Crippen molar-refractivity contribution >= 4 is 0 Å². The molecule has 1 rings (SSSR count). The molecule has 0 aliphatic heterocycles. The minimum absolute atomic E-state index is 0.111. The molecule has 0 spiro atoms. The number of hydrogen-bond donors (Lipinski definition) is 1. The first-order chi connectivity index (χ1) is 6.75. The Balaban J connectivity index is 2.66. The molecule has 1 fully saturated rings. The fourth-order valence-electron chi connectivity index (χ4n) is 2.58. The van der Waals surface area contributed by atoms with E-state index in [-0.39, 0.29) is 5.60 Å². The molecule has 0 heterocycles. The van der Waals surface area contributed by atoms with Crippen LogP contribution >= 0.6 is 0 Å². The van der Waals surface area contributed by atoms with Crippen LogP contribution < -0.4 is 5.32 Å². The lowest BCUT2D eigenvalue weighted by molar-refractivity contribution is -0.0712. The molecule has 0 aromatic rings. The van der Waals surface area contributed by atoms with Crippen molar-refractivity contribution in [2.75, 3.05) is 13.7 Å². The van der Waals surface area contributed by atoms with Crippen LogP contribution in [0, 0.1) is 0 Å². The van der Waals surface area contributed by atoms with Crippen LogP contribution in [0.2, 0.25) is 0 Å². The first-order valence-electron chi connectivity index (χ1n) is 6.06. The Labute approximate surface area is 88.4 Å². The van der Waals surface area contributed by atoms with Crippen molar-refractivity contribution in [3.8, 4) is 0 Å². The van der Waals surface area contributed by atoms with Crippen LogP contribution in [0.3, 0.4) is 0 Å². The average Bonchev–Trinajstić information content (AvgIpc) is 2.44. The standard InChI is InChI=1S/C12H25NO/c1-4-14-12(11(2)13-3)9-7-5-6-8-10-12/h11,13H,4-10H2,1-3H3. The number of hydrogen-bond acceptors (Lipinski definition) is 2. The van der Waals surface area contributed by atoms with Crippen LogP contribution in [0.1, 0.15) is 52.4 Å². The van der Waals surface area contributed by atoms with Crippen molar-refractivity contribution in [2.24, 2.45) is 0 Å². The summed E-state index contributed by atoms with van der Waals surface area (Å²) in [6, 6.07) is 0.473. The quantitative estimate of drug-likeness (QED) is 0.703. The molecule has 0 aromatic carbocycles. The minimum Gasteiger partial charge on any atom is -0.374 e. The zero-order valence-electron chi connectivity index (χ0n) is 9.94. The number of nitrogens with one attached hydrogen (secondary N) is 1. The molecule has 0 bridgehead atoms. The van der Waals surface area contributed by atoms with Gasteiger partial charge in [-0.25, -0.2) is 0 Å². The minimum atomic E-state index is 0.111. The fraction of sp³-hybridized carbons (Fsp3) is 1.00. The summed E-state index contributed by atoms with van der Waals surface area (Å²) in [5, 5.41) is 3.36. The Morgan fingerprint density at radius 1 is 1.21 bits per heavy atom. The van der Waals surface area contributed by atoms with E-state index in [2.05, 4.69) is 19.2 Å². The molecule has 2 nitrogen and oxygen atoms in total. The van der Waals surface area contributed by atoms with Crippen molar-refractivity contribution < 1.29 is 4.74 Å². The summed E-state index contributed by atoms with van der Waals surface area (Å²) in [4.78, 5) is 0. The zero-order valence-corrected chi connectivity index (χ0v) is 9.94. The Morgan fingerprint density at radius 3 is 2.21 bits per heavy atom. The molecule has 1 N–H and O–H groups in total. The van der Waals surface area contributed by atoms with E-state index in [1.54, 1.807) is 0 Å². The molecule has 1 atom stereocenters. The molecule has 0 radical (unpaired) electrons. The third kappa shape index (κ3) is 2.71. The van der Waals surface area contributed by atoms with E-state index in [1.165, 1.54) is 38.5 Å². The van der Waals surface area contributed by atoms with Gasteiger partial charge in [0.25, 0.3) is 0 Å². The van der Waals surface area contributed by atoms with Crippen LogP contribution in [0.5, 0.6) is 0 Å². The third-order valence-electron chi connectivity index (χ3n) is 3.60. The maximum atomic E-state index is 6.04. The van der Waals surface area contributed by atoms with Gasteiger partial charge in [0.1, 0.15) is 0 Å². The van der Waals surface area contributed by atoms with Crippen LogP contribution in [-0.4, -0.2) is 25.3 Å². The normalized spacial score (nSPS) is 24.2. The lowest BCUT2D eigenvalue weighted by Crippen LogP contribution is -2.49. The van der Waals surface area contributed by atoms with Gasteiger partial charge in [0, 0.05) is 12.6 Å². The summed E-state index contributed by atoms with van der Waals surface area (Å²) in [7, 11) is 2.04. The Morgan fingerprint density at radius 2 is 1.79 bits per heavy atom. The maximum Gasteiger partial charge on any atom is 0.0831 e. The first kappa shape index (κ1) is 12.0. The Bertz CT molecular complexity index is 150. The van der Waals surface area contributed by atoms with E-state index >= 15 is 0 Å². The van der Waals surface area contributed by atoms with E-state index in [9.17, 15) is 0 Å². The summed E-state index contributed by atoms with van der Waals surface area (Å²) in [5.41, 5.74) is 0.111. The molecule has 1 saturated carbocycles. The fourth-order valence-corrected chi connectivity index (χ4v) is 2.58. The van der Waals surface area contributed by atoms with E-state index in [4.69, 9.17) is 4.74 Å². The highest BCUT2D eigenvalue weighted by Crippen LogP contribution is 2.33. The molecule has 1 aliphatic rings. The van der Waals surface area contributed by atoms with Gasteiger partial charge >= 0.3 is 0 Å². The van der Waals surface area contributed by atoms with E-state index in [1.807, 2.05) is 7.05 Å². The van der Waals surface area contributed by atoms with Gasteiger partial charge in [-0.3, -0.25) is 0 Å². The third-order valence-corrected chi connectivity index (χ3v) is 3.60. The van der Waals surface area contributed by atoms with E-state index in [0.717, 1.165) is 6.61 Å². The number of likely N-dealkylation sites (N-methyl/N-ethyl adjacent to an activating group) is 1. The molecule has 0 saturated heterocycles. The van der Waals surface area contributed by atoms with Crippen molar-refractivity contribution in [3.05, 3.63) is 0 Å². The predicted molar refractivity (Wildman–Crippen MR) is 60.6 cm³/mol. The number of ether oxygens (including phenoxy) is 1. The largest absolute Gasteiger partial charge is 0.374 e. The van der Waals surface area contributed by atoms with Crippen molar-refractivity contribution in [2.45, 2.75) is 64.0 Å². The first-order valence-corrected chi connectivity index (χ1v) is 6.06. The highest BCUT2D eigenvalue weighted by atomic mass is 16.5. The van der Waals surface area contributed by atoms with Gasteiger partial charge < -0.3 is 10.1 Å². The predicted octanol–water partition coefficient (Wildman–Crippen LogP) is 2.72. The summed E-state index contributed by atoms with van der Waals surface area (Å²) >= 11 is 0. The molecule has 1 unspecified atom stereocenters. The SMILES string of the molecule is CCOC1(C(C)NC)CCCCCC1. The number of rotatable bonds is 4. The zero-order chi connectivity index (χ0) is 10.4. The highest BCUT2D eigenvalue weighted by Gasteiger charge is 2.36. The highest BCUT2D eigenvalue weighted by molar-refractivity contribution is 4.91. The van der Waals surface area contributed by atoms with E-state index < -0.39 is 0 Å². The van der Waals surface area contributed by atoms with Gasteiger partial charge in [0.05, 0.1) is 5.60 Å². The molecular formula is C12H25NO. The van der Waals surface area contributed by atoms with Crippen molar-refractivity contribution in [1.82, 2.24) is 5.32 Å². The summed E-state index contributed by atoms with van der Waals surface area (Å²) < 4.78 is 6.04. The van der Waals surface area contributed by atoms with Crippen molar-refractivity contribution in [3.63, 3.8) is 0 Å². The Hall–Kier alpha value is -0.0800. The Kier molecular flexibility index (Phi) is 4.90. The van der Waals surface area contributed by atoms with Gasteiger partial charge in [0.15, 0.2) is 0 Å². The summed E-state index contributed by atoms with van der Waals surface area (Å²) in [6.45, 7) is 5.20. The van der Waals surface area contributed by atoms with Crippen LogP contribution in [0.4, 0.5) is 0 Å². The smallest absolute Gasteiger partial charge is 0.0831 e.